The number of benzene rings is 1. The molecular weight excluding hydrogens is 222 g/mol. The van der Waals surface area contributed by atoms with Crippen LogP contribution in [-0.4, -0.2) is 18.6 Å². The average molecular weight is 241 g/mol. The predicted molar refractivity (Wildman–Crippen MR) is 75.5 cm³/mol. The summed E-state index contributed by atoms with van der Waals surface area (Å²) in [5, 5.41) is 0. The molecular formula is C15H19N3. The van der Waals surface area contributed by atoms with Gasteiger partial charge in [-0.15, -0.1) is 0 Å². The fourth-order valence-electron chi connectivity index (χ4n) is 1.84. The zero-order valence-electron chi connectivity index (χ0n) is 10.7. The van der Waals surface area contributed by atoms with Gasteiger partial charge in [-0.3, -0.25) is 4.98 Å². The van der Waals surface area contributed by atoms with Crippen LogP contribution < -0.4 is 10.6 Å². The van der Waals surface area contributed by atoms with E-state index in [2.05, 4.69) is 47.3 Å². The Kier molecular flexibility index (Phi) is 4.31. The molecule has 0 bridgehead atoms. The number of hydrogen-bond donors (Lipinski definition) is 1. The number of rotatable bonds is 5. The summed E-state index contributed by atoms with van der Waals surface area (Å²) in [6.07, 6.45) is 2.79. The van der Waals surface area contributed by atoms with Gasteiger partial charge < -0.3 is 10.6 Å². The first-order valence-electron chi connectivity index (χ1n) is 6.19. The van der Waals surface area contributed by atoms with E-state index in [1.54, 1.807) is 0 Å². The van der Waals surface area contributed by atoms with E-state index in [-0.39, 0.29) is 0 Å². The normalized spacial score (nSPS) is 10.3. The number of aromatic nitrogens is 1. The molecule has 2 aromatic rings. The maximum atomic E-state index is 5.59. The Balaban J connectivity index is 1.93. The average Bonchev–Trinajstić information content (AvgIpc) is 2.46. The van der Waals surface area contributed by atoms with Gasteiger partial charge in [0, 0.05) is 44.1 Å². The second-order valence-electron chi connectivity index (χ2n) is 4.36. The van der Waals surface area contributed by atoms with Crippen molar-refractivity contribution < 1.29 is 0 Å². The molecule has 3 nitrogen and oxygen atoms in total. The largest absolute Gasteiger partial charge is 0.374 e. The summed E-state index contributed by atoms with van der Waals surface area (Å²) < 4.78 is 0. The number of likely N-dealkylation sites (N-methyl/N-ethyl adjacent to an activating group) is 1. The van der Waals surface area contributed by atoms with Crippen LogP contribution >= 0.6 is 0 Å². The van der Waals surface area contributed by atoms with Gasteiger partial charge in [-0.05, 0) is 29.8 Å². The minimum absolute atomic E-state index is 0.595. The highest BCUT2D eigenvalue weighted by molar-refractivity contribution is 5.46. The van der Waals surface area contributed by atoms with Crippen molar-refractivity contribution in [3.05, 3.63) is 59.9 Å². The minimum Gasteiger partial charge on any atom is -0.374 e. The van der Waals surface area contributed by atoms with Gasteiger partial charge in [-0.25, -0.2) is 0 Å². The molecule has 2 rings (SSSR count). The van der Waals surface area contributed by atoms with Crippen LogP contribution in [0.1, 0.15) is 11.3 Å². The van der Waals surface area contributed by atoms with Gasteiger partial charge in [-0.1, -0.05) is 18.2 Å². The van der Waals surface area contributed by atoms with Crippen molar-refractivity contribution in [3.8, 4) is 0 Å². The van der Waals surface area contributed by atoms with Crippen molar-refractivity contribution in [3.63, 3.8) is 0 Å². The van der Waals surface area contributed by atoms with Gasteiger partial charge in [0.1, 0.15) is 0 Å². The number of anilines is 1. The Morgan fingerprint density at radius 3 is 2.50 bits per heavy atom. The standard InChI is InChI=1S/C15H19N3/c1-18(11-9-14-4-2-3-10-17-14)15-7-5-13(12-16)6-8-15/h2-8,10H,9,11-12,16H2,1H3. The third kappa shape index (κ3) is 3.31. The highest BCUT2D eigenvalue weighted by Crippen LogP contribution is 2.13. The number of nitrogens with zero attached hydrogens (tertiary/aromatic N) is 2. The van der Waals surface area contributed by atoms with Gasteiger partial charge >= 0.3 is 0 Å². The van der Waals surface area contributed by atoms with Crippen LogP contribution in [0.5, 0.6) is 0 Å². The molecule has 2 N–H and O–H groups in total. The summed E-state index contributed by atoms with van der Waals surface area (Å²) in [5.41, 5.74) is 9.09. The quantitative estimate of drug-likeness (QED) is 0.872. The highest BCUT2D eigenvalue weighted by Gasteiger charge is 2.01. The first kappa shape index (κ1) is 12.6. The lowest BCUT2D eigenvalue weighted by Crippen LogP contribution is -2.20. The van der Waals surface area contributed by atoms with Crippen LogP contribution in [0.2, 0.25) is 0 Å². The maximum absolute atomic E-state index is 5.59. The molecule has 94 valence electrons. The Morgan fingerprint density at radius 1 is 1.11 bits per heavy atom. The molecule has 0 spiro atoms. The fourth-order valence-corrected chi connectivity index (χ4v) is 1.84. The molecule has 0 aliphatic heterocycles. The van der Waals surface area contributed by atoms with Crippen LogP contribution in [0.3, 0.4) is 0 Å². The molecule has 0 aliphatic carbocycles. The van der Waals surface area contributed by atoms with Crippen LogP contribution in [0.4, 0.5) is 5.69 Å². The topological polar surface area (TPSA) is 42.2 Å². The second kappa shape index (κ2) is 6.17. The second-order valence-corrected chi connectivity index (χ2v) is 4.36. The van der Waals surface area contributed by atoms with E-state index in [0.717, 1.165) is 24.2 Å². The first-order chi connectivity index (χ1) is 8.79. The van der Waals surface area contributed by atoms with Crippen molar-refractivity contribution in [2.45, 2.75) is 13.0 Å². The molecule has 0 unspecified atom stereocenters. The molecule has 18 heavy (non-hydrogen) atoms. The number of nitrogens with two attached hydrogens (primary N) is 1. The summed E-state index contributed by atoms with van der Waals surface area (Å²) in [6, 6.07) is 14.4. The van der Waals surface area contributed by atoms with Crippen LogP contribution in [0.25, 0.3) is 0 Å². The lowest BCUT2D eigenvalue weighted by atomic mass is 10.2. The number of hydrogen-bond acceptors (Lipinski definition) is 3. The van der Waals surface area contributed by atoms with E-state index in [1.807, 2.05) is 18.3 Å². The molecule has 1 aromatic carbocycles. The van der Waals surface area contributed by atoms with E-state index in [9.17, 15) is 0 Å². The molecule has 0 fully saturated rings. The fraction of sp³-hybridized carbons (Fsp3) is 0.267. The maximum Gasteiger partial charge on any atom is 0.0421 e. The molecule has 1 heterocycles. The summed E-state index contributed by atoms with van der Waals surface area (Å²) in [7, 11) is 2.10. The lowest BCUT2D eigenvalue weighted by molar-refractivity contribution is 0.852. The smallest absolute Gasteiger partial charge is 0.0421 e. The van der Waals surface area contributed by atoms with Crippen LogP contribution in [0.15, 0.2) is 48.7 Å². The lowest BCUT2D eigenvalue weighted by Gasteiger charge is -2.19. The Bertz CT molecular complexity index is 465. The van der Waals surface area contributed by atoms with Gasteiger partial charge in [0.25, 0.3) is 0 Å². The van der Waals surface area contributed by atoms with E-state index >= 15 is 0 Å². The molecule has 0 aliphatic rings. The molecule has 0 saturated heterocycles. The molecule has 0 amide bonds. The summed E-state index contributed by atoms with van der Waals surface area (Å²) in [6.45, 7) is 1.55. The zero-order chi connectivity index (χ0) is 12.8. The van der Waals surface area contributed by atoms with Gasteiger partial charge in [0.15, 0.2) is 0 Å². The number of pyridine rings is 1. The molecule has 0 saturated carbocycles. The van der Waals surface area contributed by atoms with Gasteiger partial charge in [0.2, 0.25) is 0 Å². The first-order valence-corrected chi connectivity index (χ1v) is 6.19. The SMILES string of the molecule is CN(CCc1ccccn1)c1ccc(CN)cc1. The Labute approximate surface area is 108 Å². The van der Waals surface area contributed by atoms with E-state index in [0.29, 0.717) is 6.54 Å². The highest BCUT2D eigenvalue weighted by atomic mass is 15.1. The van der Waals surface area contributed by atoms with Crippen molar-refractivity contribution >= 4 is 5.69 Å². The van der Waals surface area contributed by atoms with Crippen molar-refractivity contribution in [1.82, 2.24) is 4.98 Å². The molecule has 0 radical (unpaired) electrons. The van der Waals surface area contributed by atoms with Crippen molar-refractivity contribution in [1.29, 1.82) is 0 Å². The summed E-state index contributed by atoms with van der Waals surface area (Å²) in [5.74, 6) is 0. The Morgan fingerprint density at radius 2 is 1.89 bits per heavy atom. The molecule has 3 heteroatoms. The van der Waals surface area contributed by atoms with E-state index in [4.69, 9.17) is 5.73 Å². The predicted octanol–water partition coefficient (Wildman–Crippen LogP) is 2.22. The van der Waals surface area contributed by atoms with Crippen LogP contribution in [-0.2, 0) is 13.0 Å². The molecule has 1 aromatic heterocycles. The monoisotopic (exact) mass is 241 g/mol. The summed E-state index contributed by atoms with van der Waals surface area (Å²) in [4.78, 5) is 6.56. The van der Waals surface area contributed by atoms with Crippen molar-refractivity contribution in [2.24, 2.45) is 5.73 Å². The molecule has 0 atom stereocenters. The zero-order valence-corrected chi connectivity index (χ0v) is 10.7. The van der Waals surface area contributed by atoms with Crippen LogP contribution in [0, 0.1) is 0 Å². The minimum atomic E-state index is 0.595. The third-order valence-electron chi connectivity index (χ3n) is 3.04. The Hall–Kier alpha value is -1.87. The van der Waals surface area contributed by atoms with Gasteiger partial charge in [-0.2, -0.15) is 0 Å². The third-order valence-corrected chi connectivity index (χ3v) is 3.04. The van der Waals surface area contributed by atoms with Gasteiger partial charge in [0.05, 0.1) is 0 Å². The summed E-state index contributed by atoms with van der Waals surface area (Å²) >= 11 is 0. The van der Waals surface area contributed by atoms with Crippen molar-refractivity contribution in [2.75, 3.05) is 18.5 Å². The van der Waals surface area contributed by atoms with E-state index in [1.165, 1.54) is 5.69 Å². The van der Waals surface area contributed by atoms with E-state index < -0.39 is 0 Å².